The van der Waals surface area contributed by atoms with Gasteiger partial charge in [-0.05, 0) is 18.2 Å². The highest BCUT2D eigenvalue weighted by molar-refractivity contribution is 7.07. The summed E-state index contributed by atoms with van der Waals surface area (Å²) in [5.74, 6) is -0.338. The number of carbonyl (C=O) groups is 2. The van der Waals surface area contributed by atoms with Crippen molar-refractivity contribution in [3.05, 3.63) is 62.6 Å². The fourth-order valence-electron chi connectivity index (χ4n) is 2.97. The molecule has 0 unspecified atom stereocenters. The molecule has 0 bridgehead atoms. The molecule has 0 saturated carbocycles. The predicted octanol–water partition coefficient (Wildman–Crippen LogP) is 3.22. The summed E-state index contributed by atoms with van der Waals surface area (Å²) in [6.07, 6.45) is 0. The number of nitrogens with one attached hydrogen (secondary N) is 2. The Kier molecular flexibility index (Phi) is 5.85. The van der Waals surface area contributed by atoms with Crippen LogP contribution in [0.1, 0.15) is 16.1 Å². The summed E-state index contributed by atoms with van der Waals surface area (Å²) in [5, 5.41) is 18.7. The molecule has 2 amide bonds. The maximum absolute atomic E-state index is 12.9. The number of thiazole rings is 1. The van der Waals surface area contributed by atoms with Crippen LogP contribution in [-0.2, 0) is 11.4 Å². The van der Waals surface area contributed by atoms with E-state index in [1.165, 1.54) is 30.6 Å². The maximum atomic E-state index is 12.9. The van der Waals surface area contributed by atoms with E-state index in [1.54, 1.807) is 23.0 Å². The average Bonchev–Trinajstić information content (AvgIpc) is 3.30. The van der Waals surface area contributed by atoms with E-state index in [0.717, 1.165) is 6.07 Å². The van der Waals surface area contributed by atoms with Crippen LogP contribution in [0.4, 0.5) is 17.1 Å². The number of ether oxygens (including phenoxy) is 3. The van der Waals surface area contributed by atoms with Crippen LogP contribution < -0.4 is 24.8 Å². The van der Waals surface area contributed by atoms with Crippen molar-refractivity contribution in [1.82, 2.24) is 4.98 Å². The van der Waals surface area contributed by atoms with Crippen LogP contribution in [0.15, 0.2) is 41.2 Å². The summed E-state index contributed by atoms with van der Waals surface area (Å²) in [6, 6.07) is 7.02. The molecule has 1 aromatic heterocycles. The van der Waals surface area contributed by atoms with Crippen molar-refractivity contribution < 1.29 is 28.7 Å². The van der Waals surface area contributed by atoms with Crippen LogP contribution in [0, 0.1) is 10.1 Å². The number of rotatable bonds is 7. The van der Waals surface area contributed by atoms with Crippen molar-refractivity contribution >= 4 is 40.2 Å². The summed E-state index contributed by atoms with van der Waals surface area (Å²) in [5.41, 5.74) is 2.33. The highest BCUT2D eigenvalue weighted by Crippen LogP contribution is 2.36. The van der Waals surface area contributed by atoms with E-state index in [-0.39, 0.29) is 36.2 Å². The van der Waals surface area contributed by atoms with Gasteiger partial charge in [-0.3, -0.25) is 19.7 Å². The van der Waals surface area contributed by atoms with Crippen molar-refractivity contribution in [3.8, 4) is 17.2 Å². The van der Waals surface area contributed by atoms with Crippen LogP contribution in [0.3, 0.4) is 0 Å². The fraction of sp³-hybridized carbons (Fsp3) is 0.150. The minimum absolute atomic E-state index is 0.0888. The number of hydrogen-bond acceptors (Lipinski definition) is 9. The molecule has 0 fully saturated rings. The van der Waals surface area contributed by atoms with Crippen molar-refractivity contribution in [2.75, 3.05) is 24.4 Å². The minimum atomic E-state index is -0.732. The summed E-state index contributed by atoms with van der Waals surface area (Å²) < 4.78 is 16.2. The molecular weight excluding hydrogens is 440 g/mol. The number of aromatic nitrogens is 1. The number of anilines is 2. The topological polar surface area (TPSA) is 142 Å². The Morgan fingerprint density at radius 2 is 2.19 bits per heavy atom. The van der Waals surface area contributed by atoms with Gasteiger partial charge < -0.3 is 24.8 Å². The van der Waals surface area contributed by atoms with Crippen molar-refractivity contribution in [2.24, 2.45) is 0 Å². The van der Waals surface area contributed by atoms with E-state index in [2.05, 4.69) is 15.6 Å². The van der Waals surface area contributed by atoms with Crippen LogP contribution in [-0.4, -0.2) is 35.4 Å². The lowest BCUT2D eigenvalue weighted by molar-refractivity contribution is -0.385. The third kappa shape index (κ3) is 4.44. The third-order valence-electron chi connectivity index (χ3n) is 4.45. The van der Waals surface area contributed by atoms with Crippen LogP contribution in [0.5, 0.6) is 17.2 Å². The molecule has 0 aliphatic carbocycles. The van der Waals surface area contributed by atoms with E-state index < -0.39 is 16.5 Å². The van der Waals surface area contributed by atoms with Gasteiger partial charge in [-0.15, -0.1) is 11.3 Å². The normalized spacial score (nSPS) is 12.2. The first-order valence-electron chi connectivity index (χ1n) is 9.19. The second-order valence-electron chi connectivity index (χ2n) is 6.55. The van der Waals surface area contributed by atoms with E-state index in [1.807, 2.05) is 0 Å². The molecule has 1 aliphatic heterocycles. The molecule has 12 heteroatoms. The van der Waals surface area contributed by atoms with Crippen molar-refractivity contribution in [3.63, 3.8) is 0 Å². The number of hydrogen-bond donors (Lipinski definition) is 2. The number of methoxy groups -OCH3 is 1. The molecular formula is C20H16N4O7S. The van der Waals surface area contributed by atoms with Gasteiger partial charge in [0.1, 0.15) is 17.9 Å². The average molecular weight is 456 g/mol. The Morgan fingerprint density at radius 3 is 2.91 bits per heavy atom. The molecule has 3 aromatic rings. The number of amides is 2. The number of benzene rings is 2. The van der Waals surface area contributed by atoms with E-state index >= 15 is 0 Å². The summed E-state index contributed by atoms with van der Waals surface area (Å²) in [7, 11) is 1.37. The van der Waals surface area contributed by atoms with Crippen LogP contribution in [0.2, 0.25) is 0 Å². The maximum Gasteiger partial charge on any atom is 0.286 e. The summed E-state index contributed by atoms with van der Waals surface area (Å²) in [4.78, 5) is 39.4. The fourth-order valence-corrected chi connectivity index (χ4v) is 3.52. The largest absolute Gasteiger partial charge is 0.493 e. The van der Waals surface area contributed by atoms with Crippen LogP contribution in [0.25, 0.3) is 0 Å². The molecule has 0 spiro atoms. The highest BCUT2D eigenvalue weighted by atomic mass is 32.1. The Labute approximate surface area is 185 Å². The van der Waals surface area contributed by atoms with Gasteiger partial charge >= 0.3 is 0 Å². The SMILES string of the molecule is COc1cc(C(=O)Nc2ccc3c(c2)NC(=O)CO3)c([N+](=O)[O-])cc1OCc1cscn1. The number of nitro groups is 1. The number of nitro benzene ring substituents is 1. The van der Waals surface area contributed by atoms with Gasteiger partial charge in [0, 0.05) is 17.1 Å². The smallest absolute Gasteiger partial charge is 0.286 e. The molecule has 0 atom stereocenters. The van der Waals surface area contributed by atoms with Crippen molar-refractivity contribution in [2.45, 2.75) is 6.61 Å². The molecule has 1 aliphatic rings. The van der Waals surface area contributed by atoms with Gasteiger partial charge in [0.15, 0.2) is 18.1 Å². The molecule has 0 radical (unpaired) electrons. The quantitative estimate of drug-likeness (QED) is 0.408. The van der Waals surface area contributed by atoms with Gasteiger partial charge in [0.25, 0.3) is 17.5 Å². The molecule has 2 heterocycles. The Balaban J connectivity index is 1.60. The monoisotopic (exact) mass is 456 g/mol. The molecule has 2 N–H and O–H groups in total. The molecule has 164 valence electrons. The van der Waals surface area contributed by atoms with Crippen molar-refractivity contribution in [1.29, 1.82) is 0 Å². The van der Waals surface area contributed by atoms with Gasteiger partial charge in [-0.2, -0.15) is 0 Å². The summed E-state index contributed by atoms with van der Waals surface area (Å²) >= 11 is 1.39. The molecule has 2 aromatic carbocycles. The van der Waals surface area contributed by atoms with Gasteiger partial charge in [0.2, 0.25) is 0 Å². The lowest BCUT2D eigenvalue weighted by atomic mass is 10.1. The highest BCUT2D eigenvalue weighted by Gasteiger charge is 2.25. The first kappa shape index (κ1) is 21.1. The minimum Gasteiger partial charge on any atom is -0.493 e. The third-order valence-corrected chi connectivity index (χ3v) is 5.09. The number of carbonyl (C=O) groups excluding carboxylic acids is 2. The van der Waals surface area contributed by atoms with Gasteiger partial charge in [-0.1, -0.05) is 0 Å². The lowest BCUT2D eigenvalue weighted by Crippen LogP contribution is -2.25. The molecule has 32 heavy (non-hydrogen) atoms. The standard InChI is InChI=1S/C20H16N4O7S/c1-29-17-5-13(15(24(27)28)6-18(17)30-7-12-9-32-10-21-12)20(26)22-11-2-3-16-14(4-11)23-19(25)8-31-16/h2-6,9-10H,7-8H2,1H3,(H,22,26)(H,23,25). The van der Waals surface area contributed by atoms with E-state index in [0.29, 0.717) is 22.8 Å². The van der Waals surface area contributed by atoms with Gasteiger partial charge in [0.05, 0.1) is 35.0 Å². The lowest BCUT2D eigenvalue weighted by Gasteiger charge is -2.18. The molecule has 0 saturated heterocycles. The molecule has 4 rings (SSSR count). The van der Waals surface area contributed by atoms with E-state index in [4.69, 9.17) is 14.2 Å². The number of nitrogens with zero attached hydrogens (tertiary/aromatic N) is 2. The Morgan fingerprint density at radius 1 is 1.34 bits per heavy atom. The zero-order valence-corrected chi connectivity index (χ0v) is 17.4. The van der Waals surface area contributed by atoms with Gasteiger partial charge in [-0.25, -0.2) is 4.98 Å². The number of fused-ring (bicyclic) bond motifs is 1. The van der Waals surface area contributed by atoms with E-state index in [9.17, 15) is 19.7 Å². The Hall–Kier alpha value is -4.19. The first-order chi connectivity index (χ1) is 15.4. The predicted molar refractivity (Wildman–Crippen MR) is 115 cm³/mol. The second-order valence-corrected chi connectivity index (χ2v) is 7.27. The zero-order chi connectivity index (χ0) is 22.7. The van der Waals surface area contributed by atoms with Crippen LogP contribution >= 0.6 is 11.3 Å². The Bertz CT molecular complexity index is 1200. The second kappa shape index (κ2) is 8.89. The first-order valence-corrected chi connectivity index (χ1v) is 10.1. The zero-order valence-electron chi connectivity index (χ0n) is 16.6. The molecule has 11 nitrogen and oxygen atoms in total. The summed E-state index contributed by atoms with van der Waals surface area (Å²) in [6.45, 7) is -0.00688.